The van der Waals surface area contributed by atoms with Gasteiger partial charge in [0, 0.05) is 18.5 Å². The molecule has 0 saturated carbocycles. The molecule has 1 aromatic rings. The van der Waals surface area contributed by atoms with E-state index in [9.17, 15) is 4.79 Å². The lowest BCUT2D eigenvalue weighted by molar-refractivity contribution is -0.117. The van der Waals surface area contributed by atoms with Gasteiger partial charge in [0.15, 0.2) is 0 Å². The number of rotatable bonds is 4. The highest BCUT2D eigenvalue weighted by Gasteiger charge is 2.18. The average Bonchev–Trinajstić information content (AvgIpc) is 2.88. The van der Waals surface area contributed by atoms with Crippen LogP contribution in [0.2, 0.25) is 0 Å². The summed E-state index contributed by atoms with van der Waals surface area (Å²) in [5.41, 5.74) is 0. The molecule has 1 fully saturated rings. The number of carbonyl (C=O) groups excluding carboxylic acids is 1. The molecule has 17 heavy (non-hydrogen) atoms. The van der Waals surface area contributed by atoms with Crippen molar-refractivity contribution in [1.29, 1.82) is 0 Å². The van der Waals surface area contributed by atoms with Gasteiger partial charge in [0.1, 0.15) is 5.82 Å². The smallest absolute Gasteiger partial charge is 0.225 e. The van der Waals surface area contributed by atoms with Crippen LogP contribution in [-0.2, 0) is 4.79 Å². The molecule has 2 rings (SSSR count). The number of aromatic nitrogens is 2. The monoisotopic (exact) mass is 236 g/mol. The predicted octanol–water partition coefficient (Wildman–Crippen LogP) is 1.40. The summed E-state index contributed by atoms with van der Waals surface area (Å²) >= 11 is 0. The molecular weight excluding hydrogens is 216 g/mol. The molecule has 0 spiro atoms. The summed E-state index contributed by atoms with van der Waals surface area (Å²) in [7, 11) is 0. The molecule has 0 radical (unpaired) electrons. The third kappa shape index (κ3) is 3.06. The lowest BCUT2D eigenvalue weighted by Crippen LogP contribution is -2.20. The van der Waals surface area contributed by atoms with Crippen LogP contribution in [0.15, 0.2) is 12.3 Å². The van der Waals surface area contributed by atoms with Gasteiger partial charge in [-0.2, -0.15) is 5.10 Å². The van der Waals surface area contributed by atoms with Crippen molar-refractivity contribution < 1.29 is 4.79 Å². The quantitative estimate of drug-likeness (QED) is 0.831. The molecular formula is C12H20N4O. The van der Waals surface area contributed by atoms with Gasteiger partial charge in [-0.05, 0) is 39.3 Å². The summed E-state index contributed by atoms with van der Waals surface area (Å²) in [6.07, 6.45) is 3.40. The molecule has 1 saturated heterocycles. The van der Waals surface area contributed by atoms with Gasteiger partial charge < -0.3 is 10.6 Å². The minimum Gasteiger partial charge on any atom is -0.316 e. The third-order valence-corrected chi connectivity index (χ3v) is 3.06. The number of hydrogen-bond acceptors (Lipinski definition) is 3. The van der Waals surface area contributed by atoms with Crippen LogP contribution >= 0.6 is 0 Å². The van der Waals surface area contributed by atoms with E-state index < -0.39 is 0 Å². The molecule has 5 nitrogen and oxygen atoms in total. The Labute approximate surface area is 102 Å². The fourth-order valence-electron chi connectivity index (χ4n) is 2.17. The molecule has 0 aromatic carbocycles. The van der Waals surface area contributed by atoms with Crippen LogP contribution in [0.3, 0.4) is 0 Å². The molecule has 1 unspecified atom stereocenters. The van der Waals surface area contributed by atoms with Gasteiger partial charge in [-0.25, -0.2) is 4.68 Å². The van der Waals surface area contributed by atoms with Gasteiger partial charge in [-0.15, -0.1) is 0 Å². The second-order valence-corrected chi connectivity index (χ2v) is 4.87. The average molecular weight is 236 g/mol. The molecule has 1 aromatic heterocycles. The van der Waals surface area contributed by atoms with E-state index in [1.807, 2.05) is 24.6 Å². The Kier molecular flexibility index (Phi) is 3.78. The minimum atomic E-state index is 0.0844. The zero-order chi connectivity index (χ0) is 12.3. The molecule has 0 aliphatic carbocycles. The highest BCUT2D eigenvalue weighted by Crippen LogP contribution is 2.16. The molecule has 1 aliphatic heterocycles. The van der Waals surface area contributed by atoms with Gasteiger partial charge in [-0.1, -0.05) is 0 Å². The highest BCUT2D eigenvalue weighted by molar-refractivity contribution is 5.90. The van der Waals surface area contributed by atoms with Crippen LogP contribution < -0.4 is 10.6 Å². The van der Waals surface area contributed by atoms with Crippen molar-refractivity contribution in [3.63, 3.8) is 0 Å². The van der Waals surface area contributed by atoms with Crippen molar-refractivity contribution in [1.82, 2.24) is 15.1 Å². The lowest BCUT2D eigenvalue weighted by atomic mass is 10.0. The Balaban J connectivity index is 1.90. The summed E-state index contributed by atoms with van der Waals surface area (Å²) in [6.45, 7) is 6.08. The van der Waals surface area contributed by atoms with Crippen LogP contribution in [0.1, 0.15) is 32.7 Å². The van der Waals surface area contributed by atoms with Gasteiger partial charge in [0.2, 0.25) is 5.91 Å². The summed E-state index contributed by atoms with van der Waals surface area (Å²) < 4.78 is 1.82. The first-order valence-electron chi connectivity index (χ1n) is 6.21. The molecule has 94 valence electrons. The zero-order valence-corrected chi connectivity index (χ0v) is 10.4. The van der Waals surface area contributed by atoms with Crippen LogP contribution in [0.4, 0.5) is 5.82 Å². The lowest BCUT2D eigenvalue weighted by Gasteiger charge is -2.13. The maximum absolute atomic E-state index is 11.9. The van der Waals surface area contributed by atoms with E-state index in [0.29, 0.717) is 12.3 Å². The van der Waals surface area contributed by atoms with Gasteiger partial charge in [0.25, 0.3) is 0 Å². The number of amides is 1. The van der Waals surface area contributed by atoms with E-state index in [4.69, 9.17) is 0 Å². The van der Waals surface area contributed by atoms with Gasteiger partial charge in [0.05, 0.1) is 6.20 Å². The molecule has 1 aliphatic rings. The summed E-state index contributed by atoms with van der Waals surface area (Å²) in [5.74, 6) is 1.35. The third-order valence-electron chi connectivity index (χ3n) is 3.06. The molecule has 5 heteroatoms. The Bertz CT molecular complexity index is 380. The van der Waals surface area contributed by atoms with Crippen molar-refractivity contribution in [3.05, 3.63) is 12.3 Å². The molecule has 1 atom stereocenters. The second kappa shape index (κ2) is 5.31. The van der Waals surface area contributed by atoms with Crippen LogP contribution in [0.25, 0.3) is 0 Å². The minimum absolute atomic E-state index is 0.0844. The number of nitrogens with zero attached hydrogens (tertiary/aromatic N) is 2. The van der Waals surface area contributed by atoms with E-state index in [2.05, 4.69) is 15.7 Å². The van der Waals surface area contributed by atoms with Crippen molar-refractivity contribution in [2.45, 2.75) is 32.7 Å². The Morgan fingerprint density at radius 3 is 3.18 bits per heavy atom. The standard InChI is InChI=1S/C12H20N4O/c1-9(2)16-11(4-6-14-16)15-12(17)7-10-3-5-13-8-10/h4,6,9-10,13H,3,5,7-8H2,1-2H3,(H,15,17). The topological polar surface area (TPSA) is 59.0 Å². The Hall–Kier alpha value is -1.36. The van der Waals surface area contributed by atoms with Crippen molar-refractivity contribution in [2.75, 3.05) is 18.4 Å². The number of hydrogen-bond donors (Lipinski definition) is 2. The van der Waals surface area contributed by atoms with Crippen molar-refractivity contribution in [2.24, 2.45) is 5.92 Å². The molecule has 2 N–H and O–H groups in total. The van der Waals surface area contributed by atoms with Crippen LogP contribution in [0.5, 0.6) is 0 Å². The SMILES string of the molecule is CC(C)n1nccc1NC(=O)CC1CCNC1. The van der Waals surface area contributed by atoms with Crippen molar-refractivity contribution >= 4 is 11.7 Å². The first kappa shape index (κ1) is 12.1. The van der Waals surface area contributed by atoms with Gasteiger partial charge >= 0.3 is 0 Å². The fraction of sp³-hybridized carbons (Fsp3) is 0.667. The Morgan fingerprint density at radius 1 is 1.71 bits per heavy atom. The second-order valence-electron chi connectivity index (χ2n) is 4.87. The summed E-state index contributed by atoms with van der Waals surface area (Å²) in [6, 6.07) is 2.10. The Morgan fingerprint density at radius 2 is 2.53 bits per heavy atom. The maximum atomic E-state index is 11.9. The van der Waals surface area contributed by atoms with E-state index in [-0.39, 0.29) is 11.9 Å². The number of anilines is 1. The zero-order valence-electron chi connectivity index (χ0n) is 10.4. The van der Waals surface area contributed by atoms with Crippen LogP contribution in [-0.4, -0.2) is 28.8 Å². The predicted molar refractivity (Wildman–Crippen MR) is 66.8 cm³/mol. The largest absolute Gasteiger partial charge is 0.316 e. The maximum Gasteiger partial charge on any atom is 0.225 e. The van der Waals surface area contributed by atoms with Crippen LogP contribution in [0, 0.1) is 5.92 Å². The van der Waals surface area contributed by atoms with E-state index in [1.54, 1.807) is 6.20 Å². The summed E-state index contributed by atoms with van der Waals surface area (Å²) in [4.78, 5) is 11.9. The van der Waals surface area contributed by atoms with E-state index >= 15 is 0 Å². The molecule has 2 heterocycles. The van der Waals surface area contributed by atoms with E-state index in [1.165, 1.54) is 0 Å². The highest BCUT2D eigenvalue weighted by atomic mass is 16.1. The first-order chi connectivity index (χ1) is 8.16. The van der Waals surface area contributed by atoms with Gasteiger partial charge in [-0.3, -0.25) is 4.79 Å². The fourth-order valence-corrected chi connectivity index (χ4v) is 2.17. The molecule has 0 bridgehead atoms. The number of carbonyl (C=O) groups is 1. The van der Waals surface area contributed by atoms with Crippen molar-refractivity contribution in [3.8, 4) is 0 Å². The molecule has 1 amide bonds. The van der Waals surface area contributed by atoms with E-state index in [0.717, 1.165) is 25.3 Å². The summed E-state index contributed by atoms with van der Waals surface area (Å²) in [5, 5.41) is 10.4. The normalized spacial score (nSPS) is 19.8. The number of nitrogens with one attached hydrogen (secondary N) is 2. The first-order valence-corrected chi connectivity index (χ1v) is 6.21.